The van der Waals surface area contributed by atoms with Gasteiger partial charge in [0.05, 0.1) is 6.61 Å². The molecule has 0 spiro atoms. The first kappa shape index (κ1) is 18.5. The standard InChI is InChI=1S/C17H24N4O2/c1-4-14-8-7-9-15(12-14)21-16(22)13-20-17(18-5-2)19-10-11-23-6-3/h1,7-9,12H,5-6,10-11,13H2,2-3H3,(H,21,22)(H2,18,19,20). The number of ether oxygens (including phenoxy) is 1. The van der Waals surface area contributed by atoms with Gasteiger partial charge in [0, 0.05) is 30.9 Å². The molecule has 0 aromatic heterocycles. The average Bonchev–Trinajstić information content (AvgIpc) is 2.56. The van der Waals surface area contributed by atoms with Crippen molar-refractivity contribution in [3.05, 3.63) is 29.8 Å². The van der Waals surface area contributed by atoms with Crippen LogP contribution in [0, 0.1) is 12.3 Å². The Labute approximate surface area is 137 Å². The van der Waals surface area contributed by atoms with Crippen molar-refractivity contribution in [2.75, 3.05) is 38.2 Å². The number of aliphatic imine (C=N–C) groups is 1. The van der Waals surface area contributed by atoms with Crippen molar-refractivity contribution in [2.24, 2.45) is 4.99 Å². The normalized spacial score (nSPS) is 10.7. The van der Waals surface area contributed by atoms with Gasteiger partial charge < -0.3 is 20.7 Å². The van der Waals surface area contributed by atoms with E-state index < -0.39 is 0 Å². The first-order valence-electron chi connectivity index (χ1n) is 7.66. The Morgan fingerprint density at radius 1 is 1.35 bits per heavy atom. The van der Waals surface area contributed by atoms with Gasteiger partial charge in [-0.1, -0.05) is 12.0 Å². The second-order valence-electron chi connectivity index (χ2n) is 4.59. The maximum absolute atomic E-state index is 11.9. The summed E-state index contributed by atoms with van der Waals surface area (Å²) in [6.45, 7) is 6.53. The van der Waals surface area contributed by atoms with Crippen LogP contribution < -0.4 is 16.0 Å². The molecule has 0 aliphatic carbocycles. The van der Waals surface area contributed by atoms with E-state index in [0.717, 1.165) is 5.56 Å². The zero-order valence-electron chi connectivity index (χ0n) is 13.7. The van der Waals surface area contributed by atoms with E-state index in [2.05, 4.69) is 26.9 Å². The lowest BCUT2D eigenvalue weighted by molar-refractivity contribution is -0.114. The molecular weight excluding hydrogens is 292 g/mol. The fourth-order valence-electron chi connectivity index (χ4n) is 1.77. The Balaban J connectivity index is 2.50. The predicted molar refractivity (Wildman–Crippen MR) is 93.5 cm³/mol. The lowest BCUT2D eigenvalue weighted by Crippen LogP contribution is -2.39. The summed E-state index contributed by atoms with van der Waals surface area (Å²) >= 11 is 0. The van der Waals surface area contributed by atoms with Gasteiger partial charge in [0.1, 0.15) is 6.54 Å². The molecule has 0 heterocycles. The molecule has 1 rings (SSSR count). The number of rotatable bonds is 8. The van der Waals surface area contributed by atoms with Crippen LogP contribution >= 0.6 is 0 Å². The predicted octanol–water partition coefficient (Wildman–Crippen LogP) is 1.20. The molecule has 6 nitrogen and oxygen atoms in total. The number of guanidine groups is 1. The fraction of sp³-hybridized carbons (Fsp3) is 0.412. The monoisotopic (exact) mass is 316 g/mol. The molecule has 0 aliphatic rings. The zero-order chi connectivity index (χ0) is 16.9. The Bertz CT molecular complexity index is 564. The largest absolute Gasteiger partial charge is 0.380 e. The molecule has 0 bridgehead atoms. The summed E-state index contributed by atoms with van der Waals surface area (Å²) in [7, 11) is 0. The van der Waals surface area contributed by atoms with Crippen LogP contribution in [0.2, 0.25) is 0 Å². The van der Waals surface area contributed by atoms with Crippen molar-refractivity contribution in [2.45, 2.75) is 13.8 Å². The third-order valence-corrected chi connectivity index (χ3v) is 2.78. The van der Waals surface area contributed by atoms with Crippen molar-refractivity contribution < 1.29 is 9.53 Å². The highest BCUT2D eigenvalue weighted by atomic mass is 16.5. The third-order valence-electron chi connectivity index (χ3n) is 2.78. The maximum Gasteiger partial charge on any atom is 0.246 e. The van der Waals surface area contributed by atoms with E-state index >= 15 is 0 Å². The number of nitrogens with zero attached hydrogens (tertiary/aromatic N) is 1. The minimum atomic E-state index is -0.207. The first-order valence-corrected chi connectivity index (χ1v) is 7.66. The van der Waals surface area contributed by atoms with Crippen molar-refractivity contribution in [1.82, 2.24) is 10.6 Å². The van der Waals surface area contributed by atoms with Crippen molar-refractivity contribution >= 4 is 17.6 Å². The highest BCUT2D eigenvalue weighted by Crippen LogP contribution is 2.09. The van der Waals surface area contributed by atoms with Crippen molar-refractivity contribution in [3.8, 4) is 12.3 Å². The molecular formula is C17H24N4O2. The Morgan fingerprint density at radius 2 is 2.17 bits per heavy atom. The summed E-state index contributed by atoms with van der Waals surface area (Å²) in [4.78, 5) is 16.2. The molecule has 0 saturated heterocycles. The number of nitrogens with one attached hydrogen (secondary N) is 3. The lowest BCUT2D eigenvalue weighted by atomic mass is 10.2. The van der Waals surface area contributed by atoms with Crippen LogP contribution in [0.4, 0.5) is 5.69 Å². The Hall–Kier alpha value is -2.52. The lowest BCUT2D eigenvalue weighted by Gasteiger charge is -2.11. The summed E-state index contributed by atoms with van der Waals surface area (Å²) in [6, 6.07) is 7.13. The number of amides is 1. The Morgan fingerprint density at radius 3 is 2.87 bits per heavy atom. The number of carbonyl (C=O) groups excluding carboxylic acids is 1. The second-order valence-corrected chi connectivity index (χ2v) is 4.59. The average molecular weight is 316 g/mol. The summed E-state index contributed by atoms with van der Waals surface area (Å²) in [6.07, 6.45) is 5.34. The van der Waals surface area contributed by atoms with Gasteiger partial charge in [-0.15, -0.1) is 6.42 Å². The van der Waals surface area contributed by atoms with Crippen LogP contribution in [0.25, 0.3) is 0 Å². The van der Waals surface area contributed by atoms with Crippen LogP contribution in [0.3, 0.4) is 0 Å². The van der Waals surface area contributed by atoms with Crippen LogP contribution in [-0.2, 0) is 9.53 Å². The van der Waals surface area contributed by atoms with Crippen LogP contribution in [-0.4, -0.2) is 44.7 Å². The minimum absolute atomic E-state index is 0.0181. The molecule has 0 aliphatic heterocycles. The zero-order valence-corrected chi connectivity index (χ0v) is 13.7. The SMILES string of the molecule is C#Cc1cccc(NC(=O)CN=C(NCC)NCCOCC)c1. The quantitative estimate of drug-likeness (QED) is 0.292. The van der Waals surface area contributed by atoms with E-state index in [4.69, 9.17) is 11.2 Å². The highest BCUT2D eigenvalue weighted by Gasteiger charge is 2.03. The molecule has 3 N–H and O–H groups in total. The molecule has 1 aromatic rings. The van der Waals surface area contributed by atoms with Gasteiger partial charge >= 0.3 is 0 Å². The van der Waals surface area contributed by atoms with E-state index in [1.807, 2.05) is 13.8 Å². The molecule has 0 saturated carbocycles. The number of carbonyl (C=O) groups is 1. The summed E-state index contributed by atoms with van der Waals surface area (Å²) in [5.74, 6) is 2.91. The first-order chi connectivity index (χ1) is 11.2. The molecule has 124 valence electrons. The third kappa shape index (κ3) is 7.88. The summed E-state index contributed by atoms with van der Waals surface area (Å²) in [5.41, 5.74) is 1.38. The van der Waals surface area contributed by atoms with E-state index in [1.54, 1.807) is 24.3 Å². The van der Waals surface area contributed by atoms with E-state index in [1.165, 1.54) is 0 Å². The van der Waals surface area contributed by atoms with Gasteiger partial charge in [0.25, 0.3) is 0 Å². The topological polar surface area (TPSA) is 74.8 Å². The smallest absolute Gasteiger partial charge is 0.246 e. The number of hydrogen-bond acceptors (Lipinski definition) is 3. The van der Waals surface area contributed by atoms with Gasteiger partial charge in [-0.25, -0.2) is 4.99 Å². The summed E-state index contributed by atoms with van der Waals surface area (Å²) in [5, 5.41) is 8.94. The highest BCUT2D eigenvalue weighted by molar-refractivity contribution is 5.94. The van der Waals surface area contributed by atoms with Gasteiger partial charge in [-0.05, 0) is 32.0 Å². The molecule has 0 unspecified atom stereocenters. The molecule has 0 fully saturated rings. The van der Waals surface area contributed by atoms with Gasteiger partial charge in [0.2, 0.25) is 5.91 Å². The fourth-order valence-corrected chi connectivity index (χ4v) is 1.77. The number of hydrogen-bond donors (Lipinski definition) is 3. The molecule has 0 atom stereocenters. The number of terminal acetylenes is 1. The molecule has 23 heavy (non-hydrogen) atoms. The number of anilines is 1. The van der Waals surface area contributed by atoms with Gasteiger partial charge in [-0.2, -0.15) is 0 Å². The second kappa shape index (κ2) is 11.1. The molecule has 1 aromatic carbocycles. The van der Waals surface area contributed by atoms with Gasteiger partial charge in [0.15, 0.2) is 5.96 Å². The van der Waals surface area contributed by atoms with Crippen LogP contribution in [0.1, 0.15) is 19.4 Å². The maximum atomic E-state index is 11.9. The number of benzene rings is 1. The van der Waals surface area contributed by atoms with Crippen molar-refractivity contribution in [1.29, 1.82) is 0 Å². The molecule has 1 amide bonds. The van der Waals surface area contributed by atoms with Crippen LogP contribution in [0.15, 0.2) is 29.3 Å². The van der Waals surface area contributed by atoms with E-state index in [0.29, 0.717) is 38.0 Å². The molecule has 6 heteroatoms. The molecule has 0 radical (unpaired) electrons. The van der Waals surface area contributed by atoms with Crippen molar-refractivity contribution in [3.63, 3.8) is 0 Å². The Kier molecular flexibility index (Phi) is 8.94. The van der Waals surface area contributed by atoms with Gasteiger partial charge in [-0.3, -0.25) is 4.79 Å². The summed E-state index contributed by atoms with van der Waals surface area (Å²) < 4.78 is 5.25. The minimum Gasteiger partial charge on any atom is -0.380 e. The van der Waals surface area contributed by atoms with E-state index in [-0.39, 0.29) is 12.5 Å². The van der Waals surface area contributed by atoms with Crippen LogP contribution in [0.5, 0.6) is 0 Å². The van der Waals surface area contributed by atoms with E-state index in [9.17, 15) is 4.79 Å².